The minimum absolute atomic E-state index is 0. The third kappa shape index (κ3) is 3.70. The summed E-state index contributed by atoms with van der Waals surface area (Å²) in [5.74, 6) is 2.02. The lowest BCUT2D eigenvalue weighted by Crippen LogP contribution is -2.47. The molecule has 1 atom stereocenters. The van der Waals surface area contributed by atoms with Gasteiger partial charge in [-0.05, 0) is 47.8 Å². The summed E-state index contributed by atoms with van der Waals surface area (Å²) < 4.78 is 5.68. The number of oxime groups is 1. The Bertz CT molecular complexity index is 432. The van der Waals surface area contributed by atoms with Gasteiger partial charge in [0.25, 0.3) is 0 Å². The van der Waals surface area contributed by atoms with Gasteiger partial charge in [-0.1, -0.05) is 10.3 Å². The van der Waals surface area contributed by atoms with Crippen molar-refractivity contribution in [2.45, 2.75) is 19.4 Å². The number of piperidine rings is 3. The molecule has 19 heavy (non-hydrogen) atoms. The van der Waals surface area contributed by atoms with Crippen LogP contribution in [0.5, 0.6) is 0 Å². The molecule has 5 nitrogen and oxygen atoms in total. The molecule has 0 aliphatic carbocycles. The van der Waals surface area contributed by atoms with E-state index < -0.39 is 0 Å². The van der Waals surface area contributed by atoms with Crippen LogP contribution in [0.25, 0.3) is 0 Å². The summed E-state index contributed by atoms with van der Waals surface area (Å²) >= 11 is 3.22. The maximum atomic E-state index is 5.24. The fourth-order valence-electron chi connectivity index (χ4n) is 2.76. The van der Waals surface area contributed by atoms with Crippen molar-refractivity contribution >= 4 is 34.6 Å². The summed E-state index contributed by atoms with van der Waals surface area (Å²) in [7, 11) is 0. The highest BCUT2D eigenvalue weighted by atomic mass is 79.9. The molecule has 3 aliphatic rings. The van der Waals surface area contributed by atoms with Crippen LogP contribution < -0.4 is 0 Å². The van der Waals surface area contributed by atoms with Gasteiger partial charge in [0.2, 0.25) is 0 Å². The molecule has 4 heterocycles. The van der Waals surface area contributed by atoms with Gasteiger partial charge in [0.1, 0.15) is 4.60 Å². The van der Waals surface area contributed by atoms with Crippen LogP contribution in [0.1, 0.15) is 18.6 Å². The number of nitrogens with zero attached hydrogens (tertiary/aromatic N) is 3. The lowest BCUT2D eigenvalue weighted by atomic mass is 9.80. The second-order valence-electron chi connectivity index (χ2n) is 4.95. The molecule has 2 bridgehead atoms. The fraction of sp³-hybridized carbons (Fsp3) is 0.667. The Balaban J connectivity index is 0.00000133. The standard InChI is InChI=1S/C12H16BrN3O2.ClH/c13-12-5-11(18-15-12)8-17-14-6-10-7-16-3-1-9(10)2-4-16;/h5-6,9-10H,1-4,7-8H2;1H. The molecular formula is C12H17BrClN3O2. The number of hydrogen-bond donors (Lipinski definition) is 0. The van der Waals surface area contributed by atoms with Crippen molar-refractivity contribution in [1.82, 2.24) is 10.1 Å². The molecule has 1 aromatic rings. The minimum atomic E-state index is 0. The summed E-state index contributed by atoms with van der Waals surface area (Å²) in [6.07, 6.45) is 4.55. The highest BCUT2D eigenvalue weighted by Gasteiger charge is 2.33. The molecule has 106 valence electrons. The largest absolute Gasteiger partial charge is 0.388 e. The quantitative estimate of drug-likeness (QED) is 0.619. The van der Waals surface area contributed by atoms with E-state index in [1.165, 1.54) is 25.9 Å². The van der Waals surface area contributed by atoms with Crippen LogP contribution in [-0.4, -0.2) is 35.9 Å². The smallest absolute Gasteiger partial charge is 0.178 e. The number of rotatable bonds is 4. The molecule has 0 amide bonds. The first-order valence-electron chi connectivity index (χ1n) is 6.30. The van der Waals surface area contributed by atoms with E-state index in [0.29, 0.717) is 22.9 Å². The Labute approximate surface area is 126 Å². The van der Waals surface area contributed by atoms with Gasteiger partial charge in [-0.25, -0.2) is 0 Å². The van der Waals surface area contributed by atoms with Gasteiger partial charge in [0.15, 0.2) is 12.4 Å². The van der Waals surface area contributed by atoms with Gasteiger partial charge in [-0.15, -0.1) is 12.4 Å². The van der Waals surface area contributed by atoms with Crippen molar-refractivity contribution in [2.24, 2.45) is 17.0 Å². The van der Waals surface area contributed by atoms with E-state index in [9.17, 15) is 0 Å². The second-order valence-corrected chi connectivity index (χ2v) is 5.76. The van der Waals surface area contributed by atoms with E-state index in [2.05, 4.69) is 31.1 Å². The Kier molecular flexibility index (Phi) is 5.24. The van der Waals surface area contributed by atoms with Crippen LogP contribution in [0.15, 0.2) is 20.3 Å². The first-order valence-corrected chi connectivity index (χ1v) is 7.09. The van der Waals surface area contributed by atoms with Crippen molar-refractivity contribution in [3.05, 3.63) is 16.4 Å². The second kappa shape index (κ2) is 6.72. The van der Waals surface area contributed by atoms with Crippen molar-refractivity contribution in [2.75, 3.05) is 19.6 Å². The molecule has 3 saturated heterocycles. The summed E-state index contributed by atoms with van der Waals surface area (Å²) in [5.41, 5.74) is 0. The van der Waals surface area contributed by atoms with Crippen LogP contribution in [0.4, 0.5) is 0 Å². The highest BCUT2D eigenvalue weighted by molar-refractivity contribution is 9.10. The maximum absolute atomic E-state index is 5.24. The minimum Gasteiger partial charge on any atom is -0.388 e. The lowest BCUT2D eigenvalue weighted by molar-refractivity contribution is 0.0762. The topological polar surface area (TPSA) is 50.9 Å². The van der Waals surface area contributed by atoms with Gasteiger partial charge >= 0.3 is 0 Å². The predicted molar refractivity (Wildman–Crippen MR) is 77.4 cm³/mol. The molecule has 0 saturated carbocycles. The Hall–Kier alpha value is -0.590. The maximum Gasteiger partial charge on any atom is 0.178 e. The van der Waals surface area contributed by atoms with E-state index in [0.717, 1.165) is 12.5 Å². The van der Waals surface area contributed by atoms with Crippen LogP contribution in [0.3, 0.4) is 0 Å². The van der Waals surface area contributed by atoms with Crippen LogP contribution >= 0.6 is 28.3 Å². The molecule has 0 radical (unpaired) electrons. The molecule has 0 aromatic carbocycles. The Morgan fingerprint density at radius 2 is 2.32 bits per heavy atom. The first-order chi connectivity index (χ1) is 8.81. The molecule has 0 N–H and O–H groups in total. The van der Waals surface area contributed by atoms with Crippen LogP contribution in [-0.2, 0) is 11.4 Å². The molecule has 0 spiro atoms. The van der Waals surface area contributed by atoms with Crippen molar-refractivity contribution < 1.29 is 9.36 Å². The highest BCUT2D eigenvalue weighted by Crippen LogP contribution is 2.31. The molecule has 3 aliphatic heterocycles. The zero-order chi connectivity index (χ0) is 12.4. The van der Waals surface area contributed by atoms with E-state index in [-0.39, 0.29) is 12.4 Å². The van der Waals surface area contributed by atoms with Gasteiger partial charge < -0.3 is 14.3 Å². The summed E-state index contributed by atoms with van der Waals surface area (Å²) in [6, 6.07) is 1.78. The van der Waals surface area contributed by atoms with Crippen LogP contribution in [0.2, 0.25) is 0 Å². The molecule has 1 aromatic heterocycles. The first kappa shape index (κ1) is 14.8. The summed E-state index contributed by atoms with van der Waals surface area (Å²) in [6.45, 7) is 3.96. The molecular weight excluding hydrogens is 334 g/mol. The van der Waals surface area contributed by atoms with Crippen molar-refractivity contribution in [3.63, 3.8) is 0 Å². The molecule has 4 rings (SSSR count). The third-order valence-corrected chi connectivity index (χ3v) is 4.14. The van der Waals surface area contributed by atoms with Gasteiger partial charge in [-0.3, -0.25) is 0 Å². The average molecular weight is 351 g/mol. The van der Waals surface area contributed by atoms with E-state index in [4.69, 9.17) is 9.36 Å². The van der Waals surface area contributed by atoms with E-state index in [1.54, 1.807) is 6.07 Å². The van der Waals surface area contributed by atoms with Gasteiger partial charge in [-0.2, -0.15) is 0 Å². The van der Waals surface area contributed by atoms with E-state index >= 15 is 0 Å². The van der Waals surface area contributed by atoms with Crippen molar-refractivity contribution in [1.29, 1.82) is 0 Å². The Morgan fingerprint density at radius 1 is 1.53 bits per heavy atom. The zero-order valence-electron chi connectivity index (χ0n) is 10.5. The van der Waals surface area contributed by atoms with E-state index in [1.807, 2.05) is 6.21 Å². The summed E-state index contributed by atoms with van der Waals surface area (Å²) in [5, 5.41) is 7.78. The lowest BCUT2D eigenvalue weighted by Gasteiger charge is -2.43. The molecule has 1 unspecified atom stereocenters. The number of fused-ring (bicyclic) bond motifs is 3. The summed E-state index contributed by atoms with van der Waals surface area (Å²) in [4.78, 5) is 7.74. The normalized spacial score (nSPS) is 29.4. The Morgan fingerprint density at radius 3 is 2.89 bits per heavy atom. The van der Waals surface area contributed by atoms with Gasteiger partial charge in [0, 0.05) is 24.7 Å². The van der Waals surface area contributed by atoms with Crippen molar-refractivity contribution in [3.8, 4) is 0 Å². The average Bonchev–Trinajstić information content (AvgIpc) is 2.82. The number of halogens is 2. The SMILES string of the molecule is Brc1cc(CON=CC2CN3CCC2CC3)on1.Cl. The molecule has 7 heteroatoms. The monoisotopic (exact) mass is 349 g/mol. The number of aromatic nitrogens is 1. The molecule has 3 fully saturated rings. The number of hydrogen-bond acceptors (Lipinski definition) is 5. The fourth-order valence-corrected chi connectivity index (χ4v) is 3.09. The van der Waals surface area contributed by atoms with Crippen LogP contribution in [0, 0.1) is 11.8 Å². The predicted octanol–water partition coefficient (Wildman–Crippen LogP) is 2.70. The zero-order valence-corrected chi connectivity index (χ0v) is 12.9. The van der Waals surface area contributed by atoms with Gasteiger partial charge in [0.05, 0.1) is 0 Å². The third-order valence-electron chi connectivity index (χ3n) is 3.77.